The van der Waals surface area contributed by atoms with E-state index in [1.54, 1.807) is 0 Å². The van der Waals surface area contributed by atoms with Gasteiger partial charge in [0.15, 0.2) is 0 Å². The Labute approximate surface area is 55.9 Å². The van der Waals surface area contributed by atoms with Gasteiger partial charge in [-0.25, -0.2) is 0 Å². The minimum absolute atomic E-state index is 0.0139. The maximum Gasteiger partial charge on any atom is 0.131 e. The monoisotopic (exact) mass is 129 g/mol. The van der Waals surface area contributed by atoms with Crippen molar-refractivity contribution < 1.29 is 9.90 Å². The largest absolute Gasteiger partial charge is 0.852 e. The summed E-state index contributed by atoms with van der Waals surface area (Å²) in [7, 11) is 0. The highest BCUT2D eigenvalue weighted by atomic mass is 16.3. The molecule has 0 heterocycles. The normalized spacial score (nSPS) is 16.9. The summed E-state index contributed by atoms with van der Waals surface area (Å²) < 4.78 is 0. The Hall–Kier alpha value is -0.370. The first-order valence-corrected chi connectivity index (χ1v) is 3.25. The van der Waals surface area contributed by atoms with Crippen LogP contribution in [-0.4, -0.2) is 11.9 Å². The Morgan fingerprint density at radius 1 is 1.67 bits per heavy atom. The second-order valence-electron chi connectivity index (χ2n) is 2.33. The van der Waals surface area contributed by atoms with E-state index >= 15 is 0 Å². The molecule has 2 unspecified atom stereocenters. The molecule has 0 aromatic rings. The third-order valence-corrected chi connectivity index (χ3v) is 1.53. The number of ketones is 1. The molecule has 9 heavy (non-hydrogen) atoms. The second kappa shape index (κ2) is 3.62. The van der Waals surface area contributed by atoms with Gasteiger partial charge in [-0.3, -0.25) is 4.79 Å². The minimum Gasteiger partial charge on any atom is -0.852 e. The van der Waals surface area contributed by atoms with Crippen molar-refractivity contribution in [3.63, 3.8) is 0 Å². The molecule has 0 saturated heterocycles. The third-order valence-electron chi connectivity index (χ3n) is 1.53. The zero-order valence-corrected chi connectivity index (χ0v) is 6.18. The molecule has 0 radical (unpaired) electrons. The molecular formula is C7H13O2-. The van der Waals surface area contributed by atoms with Crippen molar-refractivity contribution in [2.24, 2.45) is 5.92 Å². The van der Waals surface area contributed by atoms with Crippen LogP contribution in [0, 0.1) is 5.92 Å². The molecule has 0 aromatic heterocycles. The smallest absolute Gasteiger partial charge is 0.131 e. The number of rotatable bonds is 3. The second-order valence-corrected chi connectivity index (χ2v) is 2.33. The zero-order chi connectivity index (χ0) is 7.44. The van der Waals surface area contributed by atoms with Crippen molar-refractivity contribution in [2.45, 2.75) is 33.3 Å². The Kier molecular flexibility index (Phi) is 3.47. The molecule has 0 aliphatic carbocycles. The van der Waals surface area contributed by atoms with Gasteiger partial charge in [-0.05, 0) is 13.3 Å². The maximum absolute atomic E-state index is 10.7. The van der Waals surface area contributed by atoms with E-state index in [2.05, 4.69) is 0 Å². The van der Waals surface area contributed by atoms with Crippen LogP contribution < -0.4 is 5.11 Å². The summed E-state index contributed by atoms with van der Waals surface area (Å²) in [5.41, 5.74) is 0. The van der Waals surface area contributed by atoms with Gasteiger partial charge in [-0.2, -0.15) is 0 Å². The van der Waals surface area contributed by atoms with E-state index in [4.69, 9.17) is 0 Å². The molecule has 0 bridgehead atoms. The summed E-state index contributed by atoms with van der Waals surface area (Å²) in [6.07, 6.45) is -0.0764. The highest BCUT2D eigenvalue weighted by molar-refractivity contribution is 5.78. The summed E-state index contributed by atoms with van der Waals surface area (Å²) in [5.74, 6) is -0.259. The molecular weight excluding hydrogens is 116 g/mol. The molecule has 2 heteroatoms. The molecule has 0 aromatic carbocycles. The van der Waals surface area contributed by atoms with Crippen molar-refractivity contribution >= 4 is 5.78 Å². The Morgan fingerprint density at radius 2 is 2.11 bits per heavy atom. The third kappa shape index (κ3) is 2.61. The van der Waals surface area contributed by atoms with Crippen molar-refractivity contribution in [1.82, 2.24) is 0 Å². The van der Waals surface area contributed by atoms with Crippen LogP contribution in [0.4, 0.5) is 0 Å². The SMILES string of the molecule is CCC(C(C)=O)C(C)[O-]. The van der Waals surface area contributed by atoms with E-state index in [9.17, 15) is 9.90 Å². The molecule has 0 N–H and O–H groups in total. The number of hydrogen-bond donors (Lipinski definition) is 0. The number of Topliss-reactive ketones (excluding diaryl/α,β-unsaturated/α-hetero) is 1. The molecule has 0 aliphatic rings. The van der Waals surface area contributed by atoms with Gasteiger partial charge in [0.2, 0.25) is 0 Å². The van der Waals surface area contributed by atoms with Crippen LogP contribution in [0.3, 0.4) is 0 Å². The first kappa shape index (κ1) is 8.63. The maximum atomic E-state index is 10.7. The van der Waals surface area contributed by atoms with Crippen LogP contribution in [0.25, 0.3) is 0 Å². The first-order chi connectivity index (χ1) is 4.09. The van der Waals surface area contributed by atoms with Crippen molar-refractivity contribution in [1.29, 1.82) is 0 Å². The zero-order valence-electron chi connectivity index (χ0n) is 6.18. The van der Waals surface area contributed by atoms with Gasteiger partial charge in [0, 0.05) is 5.92 Å². The van der Waals surface area contributed by atoms with Gasteiger partial charge in [0.05, 0.1) is 0 Å². The lowest BCUT2D eigenvalue weighted by Gasteiger charge is -2.24. The Morgan fingerprint density at radius 3 is 2.11 bits per heavy atom. The van der Waals surface area contributed by atoms with Gasteiger partial charge in [-0.15, -0.1) is 6.10 Å². The van der Waals surface area contributed by atoms with Crippen molar-refractivity contribution in [3.05, 3.63) is 0 Å². The van der Waals surface area contributed by atoms with Crippen LogP contribution >= 0.6 is 0 Å². The molecule has 0 spiro atoms. The number of carbonyl (C=O) groups excluding carboxylic acids is 1. The molecule has 0 saturated carbocycles. The van der Waals surface area contributed by atoms with Gasteiger partial charge < -0.3 is 5.11 Å². The van der Waals surface area contributed by atoms with E-state index in [-0.39, 0.29) is 11.7 Å². The molecule has 2 atom stereocenters. The predicted octanol–water partition coefficient (Wildman–Crippen LogP) is 0.350. The van der Waals surface area contributed by atoms with Crippen molar-refractivity contribution in [3.8, 4) is 0 Å². The van der Waals surface area contributed by atoms with E-state index in [1.165, 1.54) is 13.8 Å². The van der Waals surface area contributed by atoms with Gasteiger partial charge >= 0.3 is 0 Å². The summed E-state index contributed by atoms with van der Waals surface area (Å²) >= 11 is 0. The molecule has 0 rings (SSSR count). The standard InChI is InChI=1S/C7H13O2/c1-4-7(5(2)8)6(3)9/h5,7H,4H2,1-3H3/q-1. The van der Waals surface area contributed by atoms with Crippen LogP contribution in [0.15, 0.2) is 0 Å². The quantitative estimate of drug-likeness (QED) is 0.551. The summed E-state index contributed by atoms with van der Waals surface area (Å²) in [6.45, 7) is 4.87. The molecule has 54 valence electrons. The van der Waals surface area contributed by atoms with Crippen LogP contribution in [0.5, 0.6) is 0 Å². The fourth-order valence-electron chi connectivity index (χ4n) is 0.950. The lowest BCUT2D eigenvalue weighted by molar-refractivity contribution is -0.423. The van der Waals surface area contributed by atoms with Gasteiger partial charge in [0.25, 0.3) is 0 Å². The fraction of sp³-hybridized carbons (Fsp3) is 0.857. The molecule has 0 aliphatic heterocycles. The Balaban J connectivity index is 3.83. The van der Waals surface area contributed by atoms with Crippen LogP contribution in [0.2, 0.25) is 0 Å². The van der Waals surface area contributed by atoms with E-state index < -0.39 is 6.10 Å². The average molecular weight is 129 g/mol. The van der Waals surface area contributed by atoms with E-state index in [1.807, 2.05) is 6.92 Å². The number of carbonyl (C=O) groups is 1. The van der Waals surface area contributed by atoms with Crippen molar-refractivity contribution in [2.75, 3.05) is 0 Å². The van der Waals surface area contributed by atoms with Crippen LogP contribution in [-0.2, 0) is 4.79 Å². The van der Waals surface area contributed by atoms with Gasteiger partial charge in [0.1, 0.15) is 5.78 Å². The van der Waals surface area contributed by atoms with E-state index in [0.29, 0.717) is 6.42 Å². The van der Waals surface area contributed by atoms with E-state index in [0.717, 1.165) is 0 Å². The summed E-state index contributed by atoms with van der Waals surface area (Å²) in [4.78, 5) is 10.6. The average Bonchev–Trinajstić information content (AvgIpc) is 1.64. The Bertz CT molecular complexity index is 97.1. The lowest BCUT2D eigenvalue weighted by atomic mass is 9.97. The highest BCUT2D eigenvalue weighted by Crippen LogP contribution is 2.06. The lowest BCUT2D eigenvalue weighted by Crippen LogP contribution is -2.34. The molecule has 0 fully saturated rings. The first-order valence-electron chi connectivity index (χ1n) is 3.25. The fourth-order valence-corrected chi connectivity index (χ4v) is 0.950. The minimum atomic E-state index is -0.743. The summed E-state index contributed by atoms with van der Waals surface area (Å²) in [5, 5.41) is 10.7. The van der Waals surface area contributed by atoms with Gasteiger partial charge in [-0.1, -0.05) is 13.8 Å². The highest BCUT2D eigenvalue weighted by Gasteiger charge is 2.10. The molecule has 2 nitrogen and oxygen atoms in total. The molecule has 0 amide bonds. The number of hydrogen-bond acceptors (Lipinski definition) is 2. The summed E-state index contributed by atoms with van der Waals surface area (Å²) in [6, 6.07) is 0. The predicted molar refractivity (Wildman–Crippen MR) is 33.9 cm³/mol. The van der Waals surface area contributed by atoms with Crippen LogP contribution in [0.1, 0.15) is 27.2 Å². The topological polar surface area (TPSA) is 40.1 Å².